The third-order valence-corrected chi connectivity index (χ3v) is 4.45. The van der Waals surface area contributed by atoms with Crippen LogP contribution in [0.3, 0.4) is 0 Å². The predicted molar refractivity (Wildman–Crippen MR) is 82.2 cm³/mol. The van der Waals surface area contributed by atoms with Crippen LogP contribution in [0.1, 0.15) is 12.8 Å². The van der Waals surface area contributed by atoms with Crippen LogP contribution in [-0.2, 0) is 33.7 Å². The first-order chi connectivity index (χ1) is 13.3. The number of hydrazine groups is 1. The monoisotopic (exact) mass is 450 g/mol. The standard InChI is InChI=1S/C12H17F3N4O9S/c13-12(14,15)9(21)27-11(28-29(23,24)25)7-2-4-18(19(6-7)8(11)20)10(22)17-26-5-1-3-16/h7H,1-6,16H2,(H,17,22)(H,23,24,25)/t7-,11?/m1/s1. The van der Waals surface area contributed by atoms with Crippen LogP contribution in [0.5, 0.6) is 0 Å². The van der Waals surface area contributed by atoms with E-state index in [4.69, 9.17) is 15.1 Å². The minimum Gasteiger partial charge on any atom is -0.415 e. The van der Waals surface area contributed by atoms with Gasteiger partial charge >= 0.3 is 40.3 Å². The molecule has 166 valence electrons. The molecule has 0 aromatic rings. The van der Waals surface area contributed by atoms with E-state index in [1.807, 2.05) is 5.48 Å². The summed E-state index contributed by atoms with van der Waals surface area (Å²) in [6.45, 7) is -0.518. The van der Waals surface area contributed by atoms with Gasteiger partial charge in [-0.2, -0.15) is 25.8 Å². The summed E-state index contributed by atoms with van der Waals surface area (Å²) in [5, 5.41) is 1.24. The van der Waals surface area contributed by atoms with Gasteiger partial charge in [0.25, 0.3) is 0 Å². The Hall–Kier alpha value is -2.21. The fourth-order valence-electron chi connectivity index (χ4n) is 2.79. The lowest BCUT2D eigenvalue weighted by molar-refractivity contribution is -0.243. The van der Waals surface area contributed by atoms with Crippen LogP contribution in [0.2, 0.25) is 0 Å². The van der Waals surface area contributed by atoms with Crippen molar-refractivity contribution in [2.75, 3.05) is 26.2 Å². The molecule has 2 aliphatic heterocycles. The summed E-state index contributed by atoms with van der Waals surface area (Å²) in [6.07, 6.45) is -5.50. The van der Waals surface area contributed by atoms with Gasteiger partial charge in [-0.15, -0.1) is 0 Å². The Labute approximate surface area is 161 Å². The Morgan fingerprint density at radius 2 is 2.03 bits per heavy atom. The van der Waals surface area contributed by atoms with Crippen LogP contribution in [0.4, 0.5) is 18.0 Å². The first-order valence-electron chi connectivity index (χ1n) is 8.01. The molecule has 4 N–H and O–H groups in total. The number of nitrogens with zero attached hydrogens (tertiary/aromatic N) is 2. The second-order valence-electron chi connectivity index (χ2n) is 5.96. The summed E-state index contributed by atoms with van der Waals surface area (Å²) in [5.74, 6) is -9.27. The van der Waals surface area contributed by atoms with Crippen molar-refractivity contribution in [3.63, 3.8) is 0 Å². The number of hydrogen-bond donors (Lipinski definition) is 3. The molecule has 2 saturated heterocycles. The highest BCUT2D eigenvalue weighted by atomic mass is 32.3. The number of alkyl halides is 3. The van der Waals surface area contributed by atoms with E-state index in [-0.39, 0.29) is 26.1 Å². The van der Waals surface area contributed by atoms with E-state index in [0.29, 0.717) is 16.4 Å². The average Bonchev–Trinajstić information content (AvgIpc) is 2.78. The molecule has 2 bridgehead atoms. The van der Waals surface area contributed by atoms with E-state index in [1.165, 1.54) is 0 Å². The maximum atomic E-state index is 12.6. The number of rotatable bonds is 7. The van der Waals surface area contributed by atoms with E-state index in [1.54, 1.807) is 0 Å². The normalized spacial score (nSPS) is 24.6. The fraction of sp³-hybridized carbons (Fsp3) is 0.750. The van der Waals surface area contributed by atoms with Crippen molar-refractivity contribution >= 4 is 28.3 Å². The molecule has 2 aliphatic rings. The third kappa shape index (κ3) is 5.04. The van der Waals surface area contributed by atoms with Gasteiger partial charge in [-0.1, -0.05) is 0 Å². The van der Waals surface area contributed by atoms with Crippen molar-refractivity contribution in [3.8, 4) is 0 Å². The van der Waals surface area contributed by atoms with Gasteiger partial charge in [-0.3, -0.25) is 14.2 Å². The van der Waals surface area contributed by atoms with Gasteiger partial charge in [0.1, 0.15) is 0 Å². The molecule has 0 saturated carbocycles. The maximum Gasteiger partial charge on any atom is 0.491 e. The number of hydroxylamine groups is 1. The van der Waals surface area contributed by atoms with Gasteiger partial charge in [0.15, 0.2) is 0 Å². The van der Waals surface area contributed by atoms with Crippen molar-refractivity contribution in [3.05, 3.63) is 0 Å². The van der Waals surface area contributed by atoms with Crippen molar-refractivity contribution in [1.29, 1.82) is 0 Å². The summed E-state index contributed by atoms with van der Waals surface area (Å²) >= 11 is 0. The van der Waals surface area contributed by atoms with Gasteiger partial charge in [0, 0.05) is 6.54 Å². The van der Waals surface area contributed by atoms with Crippen molar-refractivity contribution in [2.45, 2.75) is 24.8 Å². The molecule has 3 amide bonds. The van der Waals surface area contributed by atoms with E-state index in [2.05, 4.69) is 8.92 Å². The highest BCUT2D eigenvalue weighted by Crippen LogP contribution is 2.42. The van der Waals surface area contributed by atoms with Gasteiger partial charge in [0.2, 0.25) is 0 Å². The zero-order valence-corrected chi connectivity index (χ0v) is 15.4. The molecule has 2 fully saturated rings. The first kappa shape index (κ1) is 23.1. The molecule has 17 heteroatoms. The van der Waals surface area contributed by atoms with Crippen LogP contribution in [0, 0.1) is 5.92 Å². The lowest BCUT2D eigenvalue weighted by Crippen LogP contribution is -2.55. The van der Waals surface area contributed by atoms with Gasteiger partial charge in [-0.25, -0.2) is 25.1 Å². The summed E-state index contributed by atoms with van der Waals surface area (Å²) in [4.78, 5) is 40.9. The number of hydrogen-bond acceptors (Lipinski definition) is 9. The Morgan fingerprint density at radius 1 is 1.38 bits per heavy atom. The predicted octanol–water partition coefficient (Wildman–Crippen LogP) is -1.32. The molecule has 0 aromatic heterocycles. The Balaban J connectivity index is 2.26. The Morgan fingerprint density at radius 3 is 2.59 bits per heavy atom. The number of ether oxygens (including phenoxy) is 1. The number of amides is 3. The highest BCUT2D eigenvalue weighted by molar-refractivity contribution is 7.81. The zero-order chi connectivity index (χ0) is 22.0. The summed E-state index contributed by atoms with van der Waals surface area (Å²) in [6, 6.07) is -1.00. The van der Waals surface area contributed by atoms with Gasteiger partial charge in [-0.05, 0) is 19.4 Å². The Bertz CT molecular complexity index is 777. The van der Waals surface area contributed by atoms with E-state index < -0.39 is 52.7 Å². The van der Waals surface area contributed by atoms with Crippen molar-refractivity contribution in [2.24, 2.45) is 11.7 Å². The topological polar surface area (TPSA) is 178 Å². The lowest BCUT2D eigenvalue weighted by atomic mass is 9.97. The molecule has 0 aromatic carbocycles. The number of carbonyl (C=O) groups excluding carboxylic acids is 3. The van der Waals surface area contributed by atoms with Crippen LogP contribution in [0.15, 0.2) is 0 Å². The quantitative estimate of drug-likeness (QED) is 0.138. The van der Waals surface area contributed by atoms with Crippen LogP contribution in [-0.4, -0.2) is 79.1 Å². The second kappa shape index (κ2) is 8.27. The van der Waals surface area contributed by atoms with Crippen LogP contribution < -0.4 is 11.2 Å². The molecule has 2 atom stereocenters. The number of esters is 1. The molecule has 13 nitrogen and oxygen atoms in total. The molecular formula is C12H17F3N4O9S. The fourth-order valence-corrected chi connectivity index (χ4v) is 3.34. The highest BCUT2D eigenvalue weighted by Gasteiger charge is 2.66. The molecule has 2 heterocycles. The number of halogens is 3. The molecule has 0 spiro atoms. The van der Waals surface area contributed by atoms with Crippen molar-refractivity contribution in [1.82, 2.24) is 15.5 Å². The third-order valence-electron chi connectivity index (χ3n) is 3.99. The summed E-state index contributed by atoms with van der Waals surface area (Å²) < 4.78 is 77.3. The number of nitrogens with one attached hydrogen (secondary N) is 1. The van der Waals surface area contributed by atoms with Crippen LogP contribution >= 0.6 is 0 Å². The van der Waals surface area contributed by atoms with E-state index in [0.717, 1.165) is 0 Å². The number of carbonyl (C=O) groups is 3. The zero-order valence-electron chi connectivity index (χ0n) is 14.5. The largest absolute Gasteiger partial charge is 0.491 e. The molecule has 1 unspecified atom stereocenters. The summed E-state index contributed by atoms with van der Waals surface area (Å²) in [7, 11) is -5.53. The van der Waals surface area contributed by atoms with Crippen molar-refractivity contribution < 1.29 is 54.3 Å². The summed E-state index contributed by atoms with van der Waals surface area (Å²) in [5.41, 5.74) is 7.22. The van der Waals surface area contributed by atoms with E-state index in [9.17, 15) is 36.0 Å². The van der Waals surface area contributed by atoms with E-state index >= 15 is 0 Å². The average molecular weight is 450 g/mol. The number of nitrogens with two attached hydrogens (primary N) is 1. The molecule has 2 rings (SSSR count). The molecule has 29 heavy (non-hydrogen) atoms. The second-order valence-corrected chi connectivity index (χ2v) is 6.98. The lowest BCUT2D eigenvalue weighted by Gasteiger charge is -2.34. The molecular weight excluding hydrogens is 433 g/mol. The van der Waals surface area contributed by atoms with Gasteiger partial charge < -0.3 is 10.5 Å². The molecule has 0 aliphatic carbocycles. The smallest absolute Gasteiger partial charge is 0.415 e. The number of urea groups is 1. The Kier molecular flexibility index (Phi) is 6.58. The number of fused-ring (bicyclic) bond motifs is 2. The van der Waals surface area contributed by atoms with Crippen LogP contribution in [0.25, 0.3) is 0 Å². The SMILES string of the molecule is NCCCONC(=O)N1CC[C@@H]2CN1C(=O)C2(OC(=O)C(F)(F)F)OS(=O)(=O)O. The minimum atomic E-state index is -5.59. The minimum absolute atomic E-state index is 0.0334. The van der Waals surface area contributed by atoms with Gasteiger partial charge in [0.05, 0.1) is 19.1 Å². The molecule has 0 radical (unpaired) electrons. The first-order valence-corrected chi connectivity index (χ1v) is 9.38. The maximum absolute atomic E-state index is 12.6.